The summed E-state index contributed by atoms with van der Waals surface area (Å²) < 4.78 is 38.6. The molecule has 15 heavy (non-hydrogen) atoms. The van der Waals surface area contributed by atoms with Crippen LogP contribution in [0.15, 0.2) is 24.4 Å². The van der Waals surface area contributed by atoms with E-state index in [2.05, 4.69) is 4.98 Å². The van der Waals surface area contributed by atoms with Gasteiger partial charge in [-0.15, -0.1) is 11.6 Å². The van der Waals surface area contributed by atoms with Crippen molar-refractivity contribution in [1.29, 1.82) is 0 Å². The molecule has 0 radical (unpaired) electrons. The highest BCUT2D eigenvalue weighted by Gasteiger charge is 2.33. The van der Waals surface area contributed by atoms with Crippen LogP contribution in [0.4, 0.5) is 13.2 Å². The summed E-state index contributed by atoms with van der Waals surface area (Å²) in [4.78, 5) is 3.94. The van der Waals surface area contributed by atoms with Gasteiger partial charge in [0.25, 0.3) is 0 Å². The maximum absolute atomic E-state index is 12.5. The first-order valence-electron chi connectivity index (χ1n) is 4.12. The zero-order valence-corrected chi connectivity index (χ0v) is 8.18. The van der Waals surface area contributed by atoms with Crippen molar-refractivity contribution in [3.8, 4) is 0 Å². The van der Waals surface area contributed by atoms with E-state index in [1.165, 1.54) is 18.3 Å². The summed E-state index contributed by atoms with van der Waals surface area (Å²) in [6.07, 6.45) is -3.09. The van der Waals surface area contributed by atoms with Gasteiger partial charge in [0.2, 0.25) is 0 Å². The maximum Gasteiger partial charge on any atom is 0.431 e. The van der Waals surface area contributed by atoms with E-state index in [1.54, 1.807) is 0 Å². The lowest BCUT2D eigenvalue weighted by Crippen LogP contribution is -2.10. The molecule has 0 aliphatic rings. The first-order chi connectivity index (χ1) is 7.02. The third-order valence-electron chi connectivity index (χ3n) is 1.97. The quantitative estimate of drug-likeness (QED) is 0.693. The Hall–Kier alpha value is -1.23. The SMILES string of the molecule is FC(F)(F)c1cccc2nc(CCl)cn12. The van der Waals surface area contributed by atoms with Gasteiger partial charge in [-0.25, -0.2) is 4.98 Å². The van der Waals surface area contributed by atoms with E-state index in [4.69, 9.17) is 11.6 Å². The van der Waals surface area contributed by atoms with Crippen LogP contribution < -0.4 is 0 Å². The average Bonchev–Trinajstić information content (AvgIpc) is 2.57. The van der Waals surface area contributed by atoms with Gasteiger partial charge in [-0.05, 0) is 12.1 Å². The van der Waals surface area contributed by atoms with E-state index in [-0.39, 0.29) is 11.5 Å². The normalized spacial score (nSPS) is 12.3. The van der Waals surface area contributed by atoms with Gasteiger partial charge in [0.1, 0.15) is 11.3 Å². The maximum atomic E-state index is 12.5. The molecule has 2 heterocycles. The molecule has 0 bridgehead atoms. The van der Waals surface area contributed by atoms with Crippen LogP contribution in [0, 0.1) is 0 Å². The van der Waals surface area contributed by atoms with Crippen molar-refractivity contribution in [2.45, 2.75) is 12.1 Å². The highest BCUT2D eigenvalue weighted by atomic mass is 35.5. The first-order valence-corrected chi connectivity index (χ1v) is 4.66. The second-order valence-corrected chi connectivity index (χ2v) is 3.27. The third kappa shape index (κ3) is 1.79. The molecule has 0 saturated heterocycles. The lowest BCUT2D eigenvalue weighted by molar-refractivity contribution is -0.142. The van der Waals surface area contributed by atoms with E-state index in [0.29, 0.717) is 5.69 Å². The van der Waals surface area contributed by atoms with Crippen LogP contribution >= 0.6 is 11.6 Å². The smallest absolute Gasteiger partial charge is 0.295 e. The molecule has 0 aliphatic heterocycles. The fourth-order valence-corrected chi connectivity index (χ4v) is 1.49. The molecule has 2 aromatic heterocycles. The standard InChI is InChI=1S/C9H6ClF3N2/c10-4-6-5-15-7(9(11,12)13)2-1-3-8(15)14-6/h1-3,5H,4H2. The number of nitrogens with zero attached hydrogens (tertiary/aromatic N) is 2. The molecule has 0 aromatic carbocycles. The average molecular weight is 235 g/mol. The van der Waals surface area contributed by atoms with E-state index >= 15 is 0 Å². The van der Waals surface area contributed by atoms with Crippen LogP contribution in [0.25, 0.3) is 5.65 Å². The van der Waals surface area contributed by atoms with Crippen molar-refractivity contribution in [2.24, 2.45) is 0 Å². The van der Waals surface area contributed by atoms with Gasteiger partial charge < -0.3 is 0 Å². The molecule has 80 valence electrons. The number of aromatic nitrogens is 2. The molecule has 2 rings (SSSR count). The minimum atomic E-state index is -4.39. The molecule has 2 aromatic rings. The first kappa shape index (κ1) is 10.3. The summed E-state index contributed by atoms with van der Waals surface area (Å²) in [6, 6.07) is 3.83. The number of hydrogen-bond acceptors (Lipinski definition) is 1. The minimum absolute atomic E-state index is 0.0962. The summed E-state index contributed by atoms with van der Waals surface area (Å²) in [5.41, 5.74) is -0.0716. The molecule has 6 heteroatoms. The highest BCUT2D eigenvalue weighted by Crippen LogP contribution is 2.29. The molecule has 2 nitrogen and oxygen atoms in total. The van der Waals surface area contributed by atoms with Crippen LogP contribution in [0.1, 0.15) is 11.4 Å². The van der Waals surface area contributed by atoms with Gasteiger partial charge in [0.15, 0.2) is 0 Å². The molecule has 0 N–H and O–H groups in total. The van der Waals surface area contributed by atoms with Crippen molar-refractivity contribution in [2.75, 3.05) is 0 Å². The Balaban J connectivity index is 2.70. The van der Waals surface area contributed by atoms with E-state index in [0.717, 1.165) is 10.5 Å². The van der Waals surface area contributed by atoms with Crippen molar-refractivity contribution in [3.63, 3.8) is 0 Å². The zero-order valence-electron chi connectivity index (χ0n) is 7.42. The summed E-state index contributed by atoms with van der Waals surface area (Å²) >= 11 is 5.51. The molecule has 0 amide bonds. The van der Waals surface area contributed by atoms with Crippen molar-refractivity contribution < 1.29 is 13.2 Å². The third-order valence-corrected chi connectivity index (χ3v) is 2.24. The molecular weight excluding hydrogens is 229 g/mol. The van der Waals surface area contributed by atoms with Crippen molar-refractivity contribution >= 4 is 17.2 Å². The Bertz CT molecular complexity index is 490. The molecule has 0 spiro atoms. The Labute approximate surface area is 88.3 Å². The second-order valence-electron chi connectivity index (χ2n) is 3.00. The fourth-order valence-electron chi connectivity index (χ4n) is 1.36. The Morgan fingerprint density at radius 3 is 2.67 bits per heavy atom. The van der Waals surface area contributed by atoms with Gasteiger partial charge in [-0.2, -0.15) is 13.2 Å². The topological polar surface area (TPSA) is 17.3 Å². The van der Waals surface area contributed by atoms with E-state index < -0.39 is 11.9 Å². The zero-order chi connectivity index (χ0) is 11.1. The van der Waals surface area contributed by atoms with Gasteiger partial charge >= 0.3 is 6.18 Å². The molecular formula is C9H6ClF3N2. The number of hydrogen-bond donors (Lipinski definition) is 0. The number of fused-ring (bicyclic) bond motifs is 1. The fraction of sp³-hybridized carbons (Fsp3) is 0.222. The van der Waals surface area contributed by atoms with Crippen LogP contribution in [-0.2, 0) is 12.1 Å². The molecule has 0 atom stereocenters. The van der Waals surface area contributed by atoms with Gasteiger partial charge in [-0.1, -0.05) is 6.07 Å². The van der Waals surface area contributed by atoms with Crippen molar-refractivity contribution in [3.05, 3.63) is 35.8 Å². The number of rotatable bonds is 1. The van der Waals surface area contributed by atoms with Gasteiger partial charge in [0, 0.05) is 6.20 Å². The lowest BCUT2D eigenvalue weighted by atomic mass is 10.3. The Kier molecular flexibility index (Phi) is 2.34. The predicted octanol–water partition coefficient (Wildman–Crippen LogP) is 3.09. The molecule has 0 aliphatic carbocycles. The van der Waals surface area contributed by atoms with Crippen LogP contribution in [-0.4, -0.2) is 9.38 Å². The van der Waals surface area contributed by atoms with E-state index in [1.807, 2.05) is 0 Å². The second kappa shape index (κ2) is 3.41. The van der Waals surface area contributed by atoms with Crippen LogP contribution in [0.3, 0.4) is 0 Å². The minimum Gasteiger partial charge on any atom is -0.295 e. The summed E-state index contributed by atoms with van der Waals surface area (Å²) in [5.74, 6) is 0.0962. The van der Waals surface area contributed by atoms with Gasteiger partial charge in [-0.3, -0.25) is 4.40 Å². The van der Waals surface area contributed by atoms with Crippen LogP contribution in [0.5, 0.6) is 0 Å². The summed E-state index contributed by atoms with van der Waals surface area (Å²) in [5, 5.41) is 0. The number of imidazole rings is 1. The number of pyridine rings is 1. The highest BCUT2D eigenvalue weighted by molar-refractivity contribution is 6.16. The largest absolute Gasteiger partial charge is 0.431 e. The number of alkyl halides is 4. The molecule has 0 fully saturated rings. The van der Waals surface area contributed by atoms with Gasteiger partial charge in [0.05, 0.1) is 11.6 Å². The Morgan fingerprint density at radius 2 is 2.07 bits per heavy atom. The van der Waals surface area contributed by atoms with E-state index in [9.17, 15) is 13.2 Å². The van der Waals surface area contributed by atoms with Crippen molar-refractivity contribution in [1.82, 2.24) is 9.38 Å². The summed E-state index contributed by atoms with van der Waals surface area (Å²) in [6.45, 7) is 0. The summed E-state index contributed by atoms with van der Waals surface area (Å²) in [7, 11) is 0. The van der Waals surface area contributed by atoms with Crippen LogP contribution in [0.2, 0.25) is 0 Å². The lowest BCUT2D eigenvalue weighted by Gasteiger charge is -2.08. The predicted molar refractivity (Wildman–Crippen MR) is 49.8 cm³/mol. The molecule has 0 unspecified atom stereocenters. The monoisotopic (exact) mass is 234 g/mol. The number of halogens is 4. The Morgan fingerprint density at radius 1 is 1.33 bits per heavy atom. The molecule has 0 saturated carbocycles.